The van der Waals surface area contributed by atoms with Crippen molar-refractivity contribution in [3.05, 3.63) is 0 Å². The van der Waals surface area contributed by atoms with Crippen LogP contribution in [0.5, 0.6) is 0 Å². The lowest BCUT2D eigenvalue weighted by atomic mass is 9.86. The molecule has 0 spiro atoms. The van der Waals surface area contributed by atoms with Crippen molar-refractivity contribution in [2.75, 3.05) is 53.6 Å². The molecule has 0 aliphatic rings. The molecule has 0 amide bonds. The maximum atomic E-state index is 5.33. The zero-order chi connectivity index (χ0) is 16.3. The van der Waals surface area contributed by atoms with Crippen molar-refractivity contribution in [1.29, 1.82) is 0 Å². The monoisotopic (exact) mass is 302 g/mol. The van der Waals surface area contributed by atoms with Gasteiger partial charge in [0, 0.05) is 39.9 Å². The molecule has 0 heterocycles. The summed E-state index contributed by atoms with van der Waals surface area (Å²) in [6.45, 7) is 17.1. The molecule has 2 atom stereocenters. The number of ether oxygens (including phenoxy) is 2. The molecule has 2 unspecified atom stereocenters. The van der Waals surface area contributed by atoms with Gasteiger partial charge in [0.05, 0.1) is 13.2 Å². The van der Waals surface area contributed by atoms with E-state index in [1.54, 1.807) is 14.2 Å². The van der Waals surface area contributed by atoms with Gasteiger partial charge in [-0.25, -0.2) is 0 Å². The van der Waals surface area contributed by atoms with Crippen molar-refractivity contribution >= 4 is 0 Å². The lowest BCUT2D eigenvalue weighted by Gasteiger charge is -2.38. The van der Waals surface area contributed by atoms with Crippen LogP contribution >= 0.6 is 0 Å². The predicted octanol–water partition coefficient (Wildman–Crippen LogP) is 2.63. The third kappa shape index (κ3) is 9.46. The van der Waals surface area contributed by atoms with Crippen LogP contribution in [0.4, 0.5) is 0 Å². The molecule has 128 valence electrons. The van der Waals surface area contributed by atoms with Crippen LogP contribution < -0.4 is 5.32 Å². The Morgan fingerprint density at radius 2 is 1.81 bits per heavy atom. The Morgan fingerprint density at radius 1 is 1.14 bits per heavy atom. The summed E-state index contributed by atoms with van der Waals surface area (Å²) in [5, 5.41) is 3.62. The number of methoxy groups -OCH3 is 2. The van der Waals surface area contributed by atoms with Gasteiger partial charge in [-0.15, -0.1) is 0 Å². The van der Waals surface area contributed by atoms with Crippen molar-refractivity contribution in [2.45, 2.75) is 47.1 Å². The van der Waals surface area contributed by atoms with E-state index in [0.29, 0.717) is 12.0 Å². The third-order valence-electron chi connectivity index (χ3n) is 4.16. The van der Waals surface area contributed by atoms with Crippen LogP contribution in [0.1, 0.15) is 41.0 Å². The minimum atomic E-state index is 0.282. The molecule has 0 saturated carbocycles. The molecule has 0 rings (SSSR count). The van der Waals surface area contributed by atoms with Gasteiger partial charge in [0.1, 0.15) is 0 Å². The van der Waals surface area contributed by atoms with Crippen molar-refractivity contribution in [3.63, 3.8) is 0 Å². The van der Waals surface area contributed by atoms with Gasteiger partial charge >= 0.3 is 0 Å². The Bertz CT molecular complexity index is 249. The highest BCUT2D eigenvalue weighted by molar-refractivity contribution is 4.82. The van der Waals surface area contributed by atoms with Gasteiger partial charge in [0.15, 0.2) is 0 Å². The van der Waals surface area contributed by atoms with Crippen LogP contribution in [-0.2, 0) is 9.47 Å². The van der Waals surface area contributed by atoms with Crippen LogP contribution in [0.25, 0.3) is 0 Å². The maximum Gasteiger partial charge on any atom is 0.0615 e. The van der Waals surface area contributed by atoms with Crippen molar-refractivity contribution in [2.24, 2.45) is 11.3 Å². The first kappa shape index (κ1) is 20.8. The van der Waals surface area contributed by atoms with E-state index >= 15 is 0 Å². The second-order valence-electron chi connectivity index (χ2n) is 6.96. The zero-order valence-electron chi connectivity index (χ0n) is 15.4. The Hall–Kier alpha value is -0.160. The van der Waals surface area contributed by atoms with Crippen LogP contribution in [0.2, 0.25) is 0 Å². The summed E-state index contributed by atoms with van der Waals surface area (Å²) in [7, 11) is 3.54. The lowest BCUT2D eigenvalue weighted by Crippen LogP contribution is -2.48. The smallest absolute Gasteiger partial charge is 0.0615 e. The number of nitrogens with zero attached hydrogens (tertiary/aromatic N) is 1. The van der Waals surface area contributed by atoms with Crippen molar-refractivity contribution in [1.82, 2.24) is 10.2 Å². The largest absolute Gasteiger partial charge is 0.383 e. The molecule has 0 fully saturated rings. The molecular formula is C17H38N2O2. The molecule has 0 aromatic rings. The Labute approximate surface area is 132 Å². The van der Waals surface area contributed by atoms with Crippen LogP contribution in [0, 0.1) is 11.3 Å². The van der Waals surface area contributed by atoms with E-state index in [0.717, 1.165) is 39.4 Å². The molecule has 4 heteroatoms. The first-order valence-electron chi connectivity index (χ1n) is 8.31. The first-order chi connectivity index (χ1) is 9.88. The first-order valence-corrected chi connectivity index (χ1v) is 8.31. The highest BCUT2D eigenvalue weighted by Gasteiger charge is 2.27. The van der Waals surface area contributed by atoms with Gasteiger partial charge in [-0.2, -0.15) is 0 Å². The standard InChI is InChI=1S/C17H38N2O2/c1-8-17(5,13-18-11-15(2)3)14-19(9-10-20-6)16(4)12-21-7/h15-16,18H,8-14H2,1-7H3. The van der Waals surface area contributed by atoms with Gasteiger partial charge in [-0.05, 0) is 31.2 Å². The topological polar surface area (TPSA) is 33.7 Å². The average Bonchev–Trinajstić information content (AvgIpc) is 2.43. The highest BCUT2D eigenvalue weighted by atomic mass is 16.5. The predicted molar refractivity (Wildman–Crippen MR) is 90.9 cm³/mol. The molecule has 1 N–H and O–H groups in total. The SMILES string of the molecule is CCC(C)(CNCC(C)C)CN(CCOC)C(C)COC. The summed E-state index contributed by atoms with van der Waals surface area (Å²) >= 11 is 0. The Balaban J connectivity index is 4.56. The van der Waals surface area contributed by atoms with Gasteiger partial charge in [0.25, 0.3) is 0 Å². The normalized spacial score (nSPS) is 16.4. The molecule has 0 bridgehead atoms. The van der Waals surface area contributed by atoms with Gasteiger partial charge in [-0.3, -0.25) is 4.90 Å². The van der Waals surface area contributed by atoms with Crippen molar-refractivity contribution < 1.29 is 9.47 Å². The zero-order valence-corrected chi connectivity index (χ0v) is 15.4. The van der Waals surface area contributed by atoms with E-state index in [2.05, 4.69) is 44.8 Å². The summed E-state index contributed by atoms with van der Waals surface area (Å²) in [6, 6.07) is 0.418. The number of nitrogens with one attached hydrogen (secondary N) is 1. The molecule has 0 radical (unpaired) electrons. The quantitative estimate of drug-likeness (QED) is 0.567. The summed E-state index contributed by atoms with van der Waals surface area (Å²) in [6.07, 6.45) is 1.17. The molecule has 21 heavy (non-hydrogen) atoms. The van der Waals surface area contributed by atoms with E-state index in [-0.39, 0.29) is 5.41 Å². The molecule has 0 aliphatic heterocycles. The van der Waals surface area contributed by atoms with E-state index in [4.69, 9.17) is 9.47 Å². The van der Waals surface area contributed by atoms with E-state index in [1.807, 2.05) is 0 Å². The van der Waals surface area contributed by atoms with Crippen LogP contribution in [0.3, 0.4) is 0 Å². The highest BCUT2D eigenvalue weighted by Crippen LogP contribution is 2.23. The fraction of sp³-hybridized carbons (Fsp3) is 1.00. The van der Waals surface area contributed by atoms with Gasteiger partial charge < -0.3 is 14.8 Å². The lowest BCUT2D eigenvalue weighted by molar-refractivity contribution is 0.0457. The second kappa shape index (κ2) is 11.4. The van der Waals surface area contributed by atoms with Crippen LogP contribution in [0.15, 0.2) is 0 Å². The number of hydrogen-bond donors (Lipinski definition) is 1. The molecule has 0 aliphatic carbocycles. The van der Waals surface area contributed by atoms with Crippen LogP contribution in [-0.4, -0.2) is 64.6 Å². The minimum absolute atomic E-state index is 0.282. The minimum Gasteiger partial charge on any atom is -0.383 e. The molecule has 0 aromatic heterocycles. The summed E-state index contributed by atoms with van der Waals surface area (Å²) < 4.78 is 10.6. The summed E-state index contributed by atoms with van der Waals surface area (Å²) in [5.74, 6) is 0.697. The molecular weight excluding hydrogens is 264 g/mol. The second-order valence-corrected chi connectivity index (χ2v) is 6.96. The van der Waals surface area contributed by atoms with E-state index in [9.17, 15) is 0 Å². The fourth-order valence-electron chi connectivity index (χ4n) is 2.46. The number of hydrogen-bond acceptors (Lipinski definition) is 4. The third-order valence-corrected chi connectivity index (χ3v) is 4.16. The summed E-state index contributed by atoms with van der Waals surface area (Å²) in [4.78, 5) is 2.49. The number of rotatable bonds is 13. The molecule has 4 nitrogen and oxygen atoms in total. The average molecular weight is 303 g/mol. The van der Waals surface area contributed by atoms with Gasteiger partial charge in [-0.1, -0.05) is 27.7 Å². The summed E-state index contributed by atoms with van der Waals surface area (Å²) in [5.41, 5.74) is 0.282. The molecule has 0 saturated heterocycles. The van der Waals surface area contributed by atoms with E-state index < -0.39 is 0 Å². The maximum absolute atomic E-state index is 5.33. The van der Waals surface area contributed by atoms with Gasteiger partial charge in [0.2, 0.25) is 0 Å². The molecule has 0 aromatic carbocycles. The Kier molecular flexibility index (Phi) is 11.3. The Morgan fingerprint density at radius 3 is 2.29 bits per heavy atom. The van der Waals surface area contributed by atoms with Crippen molar-refractivity contribution in [3.8, 4) is 0 Å². The van der Waals surface area contributed by atoms with E-state index in [1.165, 1.54) is 6.42 Å². The fourth-order valence-corrected chi connectivity index (χ4v) is 2.46.